The summed E-state index contributed by atoms with van der Waals surface area (Å²) in [5.41, 5.74) is 5.62. The zero-order valence-corrected chi connectivity index (χ0v) is 15.9. The Morgan fingerprint density at radius 1 is 0.960 bits per heavy atom. The topological polar surface area (TPSA) is 0 Å². The van der Waals surface area contributed by atoms with Gasteiger partial charge in [-0.05, 0) is 65.5 Å². The van der Waals surface area contributed by atoms with Crippen molar-refractivity contribution in [1.82, 2.24) is 0 Å². The van der Waals surface area contributed by atoms with E-state index in [0.29, 0.717) is 11.3 Å². The van der Waals surface area contributed by atoms with Gasteiger partial charge in [-0.1, -0.05) is 32.9 Å². The Morgan fingerprint density at radius 3 is 2.32 bits per heavy atom. The zero-order chi connectivity index (χ0) is 17.8. The van der Waals surface area contributed by atoms with Crippen LogP contribution in [-0.4, -0.2) is 0 Å². The molecular formula is C22H24F2S. The van der Waals surface area contributed by atoms with Crippen molar-refractivity contribution in [2.45, 2.75) is 63.0 Å². The maximum absolute atomic E-state index is 14.6. The maximum atomic E-state index is 14.6. The van der Waals surface area contributed by atoms with Crippen molar-refractivity contribution in [3.8, 4) is 0 Å². The highest BCUT2D eigenvalue weighted by Gasteiger charge is 2.35. The molecule has 0 aromatic heterocycles. The monoisotopic (exact) mass is 358 g/mol. The SMILES string of the molecule is CC(C)(C)C1c2cc3c(cc2SCc2c1ccc(F)c2F)CCCC3. The molecule has 0 saturated heterocycles. The molecule has 2 aromatic rings. The lowest BCUT2D eigenvalue weighted by Crippen LogP contribution is -2.22. The fourth-order valence-electron chi connectivity index (χ4n) is 4.41. The van der Waals surface area contributed by atoms with Gasteiger partial charge in [0, 0.05) is 22.1 Å². The molecule has 0 fully saturated rings. The van der Waals surface area contributed by atoms with Gasteiger partial charge in [0.2, 0.25) is 0 Å². The third kappa shape index (κ3) is 2.91. The van der Waals surface area contributed by atoms with Crippen LogP contribution in [0.25, 0.3) is 0 Å². The van der Waals surface area contributed by atoms with Gasteiger partial charge in [0.05, 0.1) is 0 Å². The Bertz CT molecular complexity index is 833. The van der Waals surface area contributed by atoms with Crippen LogP contribution in [0.2, 0.25) is 0 Å². The average molecular weight is 358 g/mol. The Labute approximate surface area is 153 Å². The van der Waals surface area contributed by atoms with E-state index in [1.807, 2.05) is 0 Å². The van der Waals surface area contributed by atoms with Gasteiger partial charge in [-0.25, -0.2) is 8.78 Å². The molecule has 0 saturated carbocycles. The molecule has 1 aliphatic heterocycles. The van der Waals surface area contributed by atoms with Crippen LogP contribution in [-0.2, 0) is 18.6 Å². The smallest absolute Gasteiger partial charge is 0.163 e. The molecule has 0 spiro atoms. The Hall–Kier alpha value is -1.35. The lowest BCUT2D eigenvalue weighted by Gasteiger charge is -2.34. The van der Waals surface area contributed by atoms with Crippen molar-refractivity contribution in [2.75, 3.05) is 0 Å². The van der Waals surface area contributed by atoms with Crippen LogP contribution in [0.15, 0.2) is 29.2 Å². The summed E-state index contributed by atoms with van der Waals surface area (Å²) in [6.45, 7) is 6.59. The number of aryl methyl sites for hydroxylation is 2. The highest BCUT2D eigenvalue weighted by molar-refractivity contribution is 7.98. The molecule has 1 aliphatic carbocycles. The summed E-state index contributed by atoms with van der Waals surface area (Å²) < 4.78 is 28.4. The van der Waals surface area contributed by atoms with E-state index in [1.165, 1.54) is 40.5 Å². The Balaban J connectivity index is 1.96. The number of benzene rings is 2. The second-order valence-electron chi connectivity index (χ2n) is 8.38. The maximum Gasteiger partial charge on any atom is 0.163 e. The second-order valence-corrected chi connectivity index (χ2v) is 9.40. The zero-order valence-electron chi connectivity index (χ0n) is 15.1. The number of thioether (sulfide) groups is 1. The van der Waals surface area contributed by atoms with Crippen LogP contribution in [0, 0.1) is 17.0 Å². The molecule has 4 rings (SSSR count). The number of hydrogen-bond donors (Lipinski definition) is 0. The van der Waals surface area contributed by atoms with Gasteiger partial charge in [0.1, 0.15) is 0 Å². The minimum absolute atomic E-state index is 0.0679. The summed E-state index contributed by atoms with van der Waals surface area (Å²) in [6, 6.07) is 7.79. The summed E-state index contributed by atoms with van der Waals surface area (Å²) in [7, 11) is 0. The Kier molecular flexibility index (Phi) is 4.18. The molecule has 0 bridgehead atoms. The fraction of sp³-hybridized carbons (Fsp3) is 0.455. The minimum Gasteiger partial charge on any atom is -0.204 e. The summed E-state index contributed by atoms with van der Waals surface area (Å²) in [4.78, 5) is 1.25. The van der Waals surface area contributed by atoms with Gasteiger partial charge in [-0.15, -0.1) is 11.8 Å². The number of fused-ring (bicyclic) bond motifs is 3. The van der Waals surface area contributed by atoms with E-state index in [0.717, 1.165) is 18.4 Å². The predicted molar refractivity (Wildman–Crippen MR) is 100 cm³/mol. The van der Waals surface area contributed by atoms with E-state index >= 15 is 0 Å². The van der Waals surface area contributed by atoms with Gasteiger partial charge < -0.3 is 0 Å². The normalized spacial score (nSPS) is 19.6. The van der Waals surface area contributed by atoms with Crippen LogP contribution in [0.3, 0.4) is 0 Å². The summed E-state index contributed by atoms with van der Waals surface area (Å²) in [5.74, 6) is -0.832. The number of rotatable bonds is 0. The van der Waals surface area contributed by atoms with Gasteiger partial charge in [-0.2, -0.15) is 0 Å². The first kappa shape index (κ1) is 17.1. The molecule has 0 amide bonds. The summed E-state index contributed by atoms with van der Waals surface area (Å²) >= 11 is 1.66. The van der Waals surface area contributed by atoms with E-state index in [9.17, 15) is 8.78 Å². The first-order valence-electron chi connectivity index (χ1n) is 9.11. The third-order valence-corrected chi connectivity index (χ3v) is 6.66. The van der Waals surface area contributed by atoms with Crippen molar-refractivity contribution in [3.05, 3.63) is 63.7 Å². The summed E-state index contributed by atoms with van der Waals surface area (Å²) in [5, 5.41) is 0. The molecule has 25 heavy (non-hydrogen) atoms. The number of hydrogen-bond acceptors (Lipinski definition) is 1. The van der Waals surface area contributed by atoms with E-state index in [4.69, 9.17) is 0 Å². The first-order chi connectivity index (χ1) is 11.9. The van der Waals surface area contributed by atoms with Crippen molar-refractivity contribution in [1.29, 1.82) is 0 Å². The van der Waals surface area contributed by atoms with E-state index in [2.05, 4.69) is 32.9 Å². The molecule has 0 N–H and O–H groups in total. The summed E-state index contributed by atoms with van der Waals surface area (Å²) in [6.07, 6.45) is 4.77. The molecule has 0 radical (unpaired) electrons. The minimum atomic E-state index is -0.739. The standard InChI is InChI=1S/C22H24F2S/c1-22(2,3)20-15-8-9-18(23)21(24)17(15)12-25-19-11-14-7-5-4-6-13(14)10-16(19)20/h8-11,20H,4-7,12H2,1-3H3. The highest BCUT2D eigenvalue weighted by Crippen LogP contribution is 2.50. The van der Waals surface area contributed by atoms with Crippen LogP contribution >= 0.6 is 11.8 Å². The molecule has 1 heterocycles. The predicted octanol–water partition coefficient (Wildman–Crippen LogP) is 6.63. The lowest BCUT2D eigenvalue weighted by atomic mass is 9.70. The molecule has 132 valence electrons. The van der Waals surface area contributed by atoms with Crippen molar-refractivity contribution in [2.24, 2.45) is 5.41 Å². The van der Waals surface area contributed by atoms with Crippen LogP contribution in [0.4, 0.5) is 8.78 Å². The van der Waals surface area contributed by atoms with Gasteiger partial charge in [-0.3, -0.25) is 0 Å². The molecule has 0 nitrogen and oxygen atoms in total. The van der Waals surface area contributed by atoms with Crippen molar-refractivity contribution < 1.29 is 8.78 Å². The quantitative estimate of drug-likeness (QED) is 0.509. The number of halogens is 2. The molecule has 1 unspecified atom stereocenters. The van der Waals surface area contributed by atoms with Crippen LogP contribution in [0.5, 0.6) is 0 Å². The fourth-order valence-corrected chi connectivity index (χ4v) is 5.57. The molecule has 1 atom stereocenters. The van der Waals surface area contributed by atoms with Crippen LogP contribution < -0.4 is 0 Å². The highest BCUT2D eigenvalue weighted by atomic mass is 32.2. The lowest BCUT2D eigenvalue weighted by molar-refractivity contribution is 0.352. The van der Waals surface area contributed by atoms with E-state index in [-0.39, 0.29) is 11.3 Å². The molecule has 2 aromatic carbocycles. The van der Waals surface area contributed by atoms with Crippen molar-refractivity contribution >= 4 is 11.8 Å². The molecular weight excluding hydrogens is 334 g/mol. The van der Waals surface area contributed by atoms with E-state index < -0.39 is 11.6 Å². The average Bonchev–Trinajstić information content (AvgIpc) is 2.72. The van der Waals surface area contributed by atoms with Crippen molar-refractivity contribution in [3.63, 3.8) is 0 Å². The first-order valence-corrected chi connectivity index (χ1v) is 10.1. The molecule has 3 heteroatoms. The largest absolute Gasteiger partial charge is 0.204 e. The Morgan fingerprint density at radius 2 is 1.64 bits per heavy atom. The van der Waals surface area contributed by atoms with Crippen LogP contribution in [0.1, 0.15) is 67.3 Å². The van der Waals surface area contributed by atoms with Gasteiger partial charge in [0.25, 0.3) is 0 Å². The van der Waals surface area contributed by atoms with E-state index in [1.54, 1.807) is 17.8 Å². The third-order valence-electron chi connectivity index (χ3n) is 5.57. The van der Waals surface area contributed by atoms with Gasteiger partial charge in [0.15, 0.2) is 11.6 Å². The molecule has 2 aliphatic rings. The van der Waals surface area contributed by atoms with Gasteiger partial charge >= 0.3 is 0 Å². The second kappa shape index (κ2) is 6.12.